The highest BCUT2D eigenvalue weighted by atomic mass is 16.6. The minimum Gasteiger partial charge on any atom is -0.490 e. The Balaban J connectivity index is 0.000000181. The van der Waals surface area contributed by atoms with Gasteiger partial charge in [0.25, 0.3) is 0 Å². The van der Waals surface area contributed by atoms with Crippen molar-refractivity contribution in [2.75, 3.05) is 0 Å². The molecule has 4 aliphatic rings. The zero-order chi connectivity index (χ0) is 32.1. The molecular formula is C38H36O8. The Morgan fingerprint density at radius 1 is 0.522 bits per heavy atom. The number of hydrogen-bond donors (Lipinski definition) is 0. The summed E-state index contributed by atoms with van der Waals surface area (Å²) in [7, 11) is 0. The molecular weight excluding hydrogens is 584 g/mol. The van der Waals surface area contributed by atoms with Crippen LogP contribution in [0.15, 0.2) is 121 Å². The van der Waals surface area contributed by atoms with Gasteiger partial charge in [0.1, 0.15) is 35.9 Å². The van der Waals surface area contributed by atoms with Crippen molar-refractivity contribution in [1.29, 1.82) is 0 Å². The lowest BCUT2D eigenvalue weighted by Gasteiger charge is -2.27. The Morgan fingerprint density at radius 2 is 0.935 bits per heavy atom. The van der Waals surface area contributed by atoms with E-state index in [9.17, 15) is 19.2 Å². The summed E-state index contributed by atoms with van der Waals surface area (Å²) < 4.78 is 22.2. The molecule has 4 atom stereocenters. The summed E-state index contributed by atoms with van der Waals surface area (Å²) in [4.78, 5) is 46.3. The van der Waals surface area contributed by atoms with E-state index in [-0.39, 0.29) is 47.9 Å². The van der Waals surface area contributed by atoms with Crippen LogP contribution in [0, 0.1) is 0 Å². The van der Waals surface area contributed by atoms with Crippen molar-refractivity contribution in [3.63, 3.8) is 0 Å². The average Bonchev–Trinajstić information content (AvgIpc) is 3.04. The van der Waals surface area contributed by atoms with E-state index < -0.39 is 0 Å². The van der Waals surface area contributed by atoms with E-state index >= 15 is 0 Å². The molecule has 8 nitrogen and oxygen atoms in total. The van der Waals surface area contributed by atoms with Crippen molar-refractivity contribution in [3.05, 3.63) is 132 Å². The first-order valence-electron chi connectivity index (χ1n) is 15.4. The highest BCUT2D eigenvalue weighted by Crippen LogP contribution is 2.25. The van der Waals surface area contributed by atoms with Crippen LogP contribution in [-0.2, 0) is 38.1 Å². The SMILES string of the molecule is O=C1C=C(/C=C/c2ccccc2)O[C@H](C[C@H]2CC=CC(=O)O2)C1.O=C1C=C(/C=C/c2ccccc2)O[C@H](C[C@H]2CC=CC(=O)O2)C1. The highest BCUT2D eigenvalue weighted by Gasteiger charge is 2.28. The molecule has 0 bridgehead atoms. The van der Waals surface area contributed by atoms with Crippen LogP contribution in [0.25, 0.3) is 12.2 Å². The summed E-state index contributed by atoms with van der Waals surface area (Å²) in [5.74, 6) is 0.505. The molecule has 0 unspecified atom stereocenters. The maximum atomic E-state index is 11.9. The van der Waals surface area contributed by atoms with E-state index in [1.807, 2.05) is 72.8 Å². The fraction of sp³-hybridized carbons (Fsp3) is 0.263. The van der Waals surface area contributed by atoms with Crippen molar-refractivity contribution in [2.45, 2.75) is 62.9 Å². The maximum Gasteiger partial charge on any atom is 0.330 e. The molecule has 6 rings (SSSR count). The molecule has 0 saturated heterocycles. The second-order valence-corrected chi connectivity index (χ2v) is 11.3. The lowest BCUT2D eigenvalue weighted by molar-refractivity contribution is -0.147. The molecule has 2 aromatic rings. The third kappa shape index (κ3) is 10.4. The molecule has 2 aromatic carbocycles. The molecule has 8 heteroatoms. The molecule has 0 aliphatic carbocycles. The molecule has 46 heavy (non-hydrogen) atoms. The smallest absolute Gasteiger partial charge is 0.330 e. The van der Waals surface area contributed by atoms with Gasteiger partial charge in [-0.25, -0.2) is 9.59 Å². The van der Waals surface area contributed by atoms with Gasteiger partial charge < -0.3 is 18.9 Å². The highest BCUT2D eigenvalue weighted by molar-refractivity contribution is 5.92. The first-order chi connectivity index (χ1) is 22.4. The van der Waals surface area contributed by atoms with Crippen LogP contribution in [0.1, 0.15) is 49.7 Å². The number of rotatable bonds is 8. The molecule has 4 aliphatic heterocycles. The first-order valence-corrected chi connectivity index (χ1v) is 15.4. The number of benzene rings is 2. The lowest BCUT2D eigenvalue weighted by atomic mass is 10.0. The fourth-order valence-electron chi connectivity index (χ4n) is 5.35. The molecule has 0 aromatic heterocycles. The second kappa shape index (κ2) is 16.2. The van der Waals surface area contributed by atoms with Crippen LogP contribution in [0.5, 0.6) is 0 Å². The molecule has 0 fully saturated rings. The van der Waals surface area contributed by atoms with E-state index in [0.29, 0.717) is 50.0 Å². The normalized spacial score (nSPS) is 24.3. The predicted molar refractivity (Wildman–Crippen MR) is 173 cm³/mol. The van der Waals surface area contributed by atoms with Crippen molar-refractivity contribution >= 4 is 35.7 Å². The largest absolute Gasteiger partial charge is 0.490 e. The van der Waals surface area contributed by atoms with Crippen LogP contribution in [0.3, 0.4) is 0 Å². The quantitative estimate of drug-likeness (QED) is 0.312. The van der Waals surface area contributed by atoms with Crippen LogP contribution in [0.2, 0.25) is 0 Å². The topological polar surface area (TPSA) is 105 Å². The number of allylic oxidation sites excluding steroid dienone is 4. The van der Waals surface area contributed by atoms with Gasteiger partial charge in [-0.15, -0.1) is 0 Å². The van der Waals surface area contributed by atoms with Crippen LogP contribution in [-0.4, -0.2) is 47.9 Å². The number of cyclic esters (lactones) is 2. The average molecular weight is 621 g/mol. The second-order valence-electron chi connectivity index (χ2n) is 11.3. The number of ketones is 2. The van der Waals surface area contributed by atoms with E-state index in [2.05, 4.69) is 0 Å². The van der Waals surface area contributed by atoms with Crippen LogP contribution >= 0.6 is 0 Å². The van der Waals surface area contributed by atoms with E-state index in [4.69, 9.17) is 18.9 Å². The van der Waals surface area contributed by atoms with Crippen molar-refractivity contribution in [3.8, 4) is 0 Å². The predicted octanol–water partition coefficient (Wildman–Crippen LogP) is 6.41. The zero-order valence-electron chi connectivity index (χ0n) is 25.4. The Labute approximate surface area is 268 Å². The molecule has 4 heterocycles. The van der Waals surface area contributed by atoms with Gasteiger partial charge in [-0.1, -0.05) is 85.0 Å². The molecule has 0 radical (unpaired) electrons. The molecule has 0 amide bonds. The van der Waals surface area contributed by atoms with Gasteiger partial charge in [-0.3, -0.25) is 9.59 Å². The lowest BCUT2D eigenvalue weighted by Crippen LogP contribution is -2.29. The number of ether oxygens (including phenoxy) is 4. The molecule has 0 spiro atoms. The van der Waals surface area contributed by atoms with Crippen LogP contribution < -0.4 is 0 Å². The van der Waals surface area contributed by atoms with E-state index in [0.717, 1.165) is 11.1 Å². The summed E-state index contributed by atoms with van der Waals surface area (Å²) in [5.41, 5.74) is 2.08. The molecule has 0 N–H and O–H groups in total. The number of hydrogen-bond acceptors (Lipinski definition) is 8. The van der Waals surface area contributed by atoms with Gasteiger partial charge in [0.2, 0.25) is 0 Å². The Morgan fingerprint density at radius 3 is 1.33 bits per heavy atom. The number of carbonyl (C=O) groups excluding carboxylic acids is 4. The monoisotopic (exact) mass is 620 g/mol. The summed E-state index contributed by atoms with van der Waals surface area (Å²) in [5, 5.41) is 0. The maximum absolute atomic E-state index is 11.9. The Bertz CT molecular complexity index is 1460. The molecule has 0 saturated carbocycles. The van der Waals surface area contributed by atoms with Gasteiger partial charge in [-0.2, -0.15) is 0 Å². The zero-order valence-corrected chi connectivity index (χ0v) is 25.4. The van der Waals surface area contributed by atoms with Gasteiger partial charge in [-0.05, 0) is 23.3 Å². The third-order valence-electron chi connectivity index (χ3n) is 7.47. The summed E-state index contributed by atoms with van der Waals surface area (Å²) >= 11 is 0. The third-order valence-corrected chi connectivity index (χ3v) is 7.47. The van der Waals surface area contributed by atoms with Gasteiger partial charge >= 0.3 is 11.9 Å². The minimum absolute atomic E-state index is 0.0339. The van der Waals surface area contributed by atoms with Gasteiger partial charge in [0.15, 0.2) is 11.6 Å². The molecule has 236 valence electrons. The summed E-state index contributed by atoms with van der Waals surface area (Å²) in [6.45, 7) is 0. The minimum atomic E-state index is -0.330. The van der Waals surface area contributed by atoms with Crippen molar-refractivity contribution < 1.29 is 38.1 Å². The first kappa shape index (κ1) is 32.2. The summed E-state index contributed by atoms with van der Waals surface area (Å²) in [6.07, 6.45) is 19.0. The van der Waals surface area contributed by atoms with E-state index in [1.165, 1.54) is 24.3 Å². The summed E-state index contributed by atoms with van der Waals surface area (Å²) in [6, 6.07) is 19.6. The number of esters is 2. The van der Waals surface area contributed by atoms with Gasteiger partial charge in [0, 0.05) is 62.8 Å². The van der Waals surface area contributed by atoms with E-state index in [1.54, 1.807) is 24.3 Å². The van der Waals surface area contributed by atoms with Crippen LogP contribution in [0.4, 0.5) is 0 Å². The Hall–Kier alpha value is -5.24. The number of carbonyl (C=O) groups is 4. The van der Waals surface area contributed by atoms with Crippen molar-refractivity contribution in [2.24, 2.45) is 0 Å². The van der Waals surface area contributed by atoms with Crippen molar-refractivity contribution in [1.82, 2.24) is 0 Å². The standard InChI is InChI=1S/2C19H18O4/c2*20-15-11-17(10-9-14-5-2-1-3-6-14)22-18(12-15)13-16-7-4-8-19(21)23-16/h2*1-6,8-11,16,18H,7,12-13H2/b2*10-9+/t2*16-,18+/m11/s1. The Kier molecular flexibility index (Phi) is 11.3. The fourth-order valence-corrected chi connectivity index (χ4v) is 5.35. The van der Waals surface area contributed by atoms with Gasteiger partial charge in [0.05, 0.1) is 0 Å².